The highest BCUT2D eigenvalue weighted by Gasteiger charge is 2.36. The normalized spacial score (nSPS) is 16.1. The minimum absolute atomic E-state index is 0.0573. The number of hydrogen-bond acceptors (Lipinski definition) is 4. The summed E-state index contributed by atoms with van der Waals surface area (Å²) in [6.45, 7) is 0.0419. The average molecular weight is 473 g/mol. The maximum atomic E-state index is 13.1. The molecule has 1 aliphatic rings. The first kappa shape index (κ1) is 21.7. The number of piperazine rings is 1. The number of carbonyl (C=O) groups excluding carboxylic acids is 1. The van der Waals surface area contributed by atoms with Crippen LogP contribution in [-0.4, -0.2) is 49.7 Å². The van der Waals surface area contributed by atoms with Crippen molar-refractivity contribution in [1.82, 2.24) is 9.21 Å². The summed E-state index contributed by atoms with van der Waals surface area (Å²) in [5.41, 5.74) is -0.649. The second-order valence-corrected chi connectivity index (χ2v) is 9.33. The van der Waals surface area contributed by atoms with Gasteiger partial charge in [-0.2, -0.15) is 17.5 Å². The van der Waals surface area contributed by atoms with Gasteiger partial charge in [-0.25, -0.2) is 8.42 Å². The molecular formula is C20H16ClF3N2O4S. The first-order chi connectivity index (χ1) is 14.6. The molecule has 0 bridgehead atoms. The van der Waals surface area contributed by atoms with Crippen LogP contribution in [-0.2, 0) is 16.2 Å². The third-order valence-corrected chi connectivity index (χ3v) is 7.27. The summed E-state index contributed by atoms with van der Waals surface area (Å²) in [6.07, 6.45) is -4.78. The molecule has 1 amide bonds. The highest BCUT2D eigenvalue weighted by atomic mass is 35.5. The molecule has 1 saturated heterocycles. The van der Waals surface area contributed by atoms with Crippen LogP contribution < -0.4 is 0 Å². The predicted octanol–water partition coefficient (Wildman–Crippen LogP) is 4.25. The summed E-state index contributed by atoms with van der Waals surface area (Å²) in [5.74, 6) is -0.232. The van der Waals surface area contributed by atoms with Gasteiger partial charge >= 0.3 is 6.18 Å². The lowest BCUT2D eigenvalue weighted by Crippen LogP contribution is -2.50. The van der Waals surface area contributed by atoms with E-state index in [0.717, 1.165) is 21.8 Å². The number of amides is 1. The minimum Gasteiger partial charge on any atom is -0.451 e. The van der Waals surface area contributed by atoms with Crippen molar-refractivity contribution in [1.29, 1.82) is 0 Å². The lowest BCUT2D eigenvalue weighted by atomic mass is 10.2. The fourth-order valence-corrected chi connectivity index (χ4v) is 5.08. The number of para-hydroxylation sites is 1. The van der Waals surface area contributed by atoms with E-state index in [0.29, 0.717) is 11.6 Å². The van der Waals surface area contributed by atoms with Crippen molar-refractivity contribution in [3.63, 3.8) is 0 Å². The fourth-order valence-electron chi connectivity index (χ4n) is 3.41. The molecule has 0 saturated carbocycles. The molecule has 4 rings (SSSR count). The van der Waals surface area contributed by atoms with Crippen molar-refractivity contribution in [3.8, 4) is 0 Å². The minimum atomic E-state index is -4.78. The van der Waals surface area contributed by atoms with Gasteiger partial charge in [0.1, 0.15) is 5.58 Å². The Hall–Kier alpha value is -2.56. The van der Waals surface area contributed by atoms with E-state index in [2.05, 4.69) is 0 Å². The molecule has 0 aliphatic carbocycles. The number of nitrogens with zero attached hydrogens (tertiary/aromatic N) is 2. The molecule has 2 aromatic carbocycles. The van der Waals surface area contributed by atoms with Crippen LogP contribution in [0.3, 0.4) is 0 Å². The molecule has 31 heavy (non-hydrogen) atoms. The molecule has 1 aromatic heterocycles. The Balaban J connectivity index is 1.49. The smallest absolute Gasteiger partial charge is 0.417 e. The van der Waals surface area contributed by atoms with E-state index in [-0.39, 0.29) is 37.8 Å². The molecule has 0 atom stereocenters. The molecule has 2 heterocycles. The third kappa shape index (κ3) is 4.15. The molecular weight excluding hydrogens is 457 g/mol. The number of sulfonamides is 1. The van der Waals surface area contributed by atoms with Gasteiger partial charge in [0.2, 0.25) is 10.0 Å². The van der Waals surface area contributed by atoms with Gasteiger partial charge in [0.25, 0.3) is 5.91 Å². The Labute approximate surface area is 180 Å². The van der Waals surface area contributed by atoms with Crippen molar-refractivity contribution < 1.29 is 30.8 Å². The Morgan fingerprint density at radius 3 is 2.32 bits per heavy atom. The van der Waals surface area contributed by atoms with Crippen LogP contribution >= 0.6 is 11.6 Å². The van der Waals surface area contributed by atoms with Crippen molar-refractivity contribution >= 4 is 38.5 Å². The topological polar surface area (TPSA) is 70.8 Å². The van der Waals surface area contributed by atoms with Gasteiger partial charge in [-0.05, 0) is 30.3 Å². The highest BCUT2D eigenvalue weighted by Crippen LogP contribution is 2.36. The SMILES string of the molecule is O=C(c1cc2ccccc2o1)N1CCN(S(=O)(=O)c2ccc(Cl)c(C(F)(F)F)c2)CC1. The zero-order valence-electron chi connectivity index (χ0n) is 15.9. The van der Waals surface area contributed by atoms with Gasteiger partial charge in [-0.15, -0.1) is 0 Å². The fraction of sp³-hybridized carbons (Fsp3) is 0.250. The quantitative estimate of drug-likeness (QED) is 0.571. The molecule has 1 fully saturated rings. The molecule has 11 heteroatoms. The van der Waals surface area contributed by atoms with E-state index >= 15 is 0 Å². The average Bonchev–Trinajstić information content (AvgIpc) is 3.17. The second kappa shape index (κ2) is 7.85. The Morgan fingerprint density at radius 2 is 1.68 bits per heavy atom. The van der Waals surface area contributed by atoms with Crippen LogP contribution in [0, 0.1) is 0 Å². The van der Waals surface area contributed by atoms with Crippen LogP contribution in [0.4, 0.5) is 13.2 Å². The van der Waals surface area contributed by atoms with Gasteiger partial charge in [0.15, 0.2) is 5.76 Å². The van der Waals surface area contributed by atoms with E-state index in [9.17, 15) is 26.4 Å². The second-order valence-electron chi connectivity index (χ2n) is 6.98. The van der Waals surface area contributed by atoms with Gasteiger partial charge in [-0.1, -0.05) is 29.8 Å². The third-order valence-electron chi connectivity index (χ3n) is 5.04. The highest BCUT2D eigenvalue weighted by molar-refractivity contribution is 7.89. The standard InChI is InChI=1S/C20H16ClF3N2O4S/c21-16-6-5-14(12-15(16)20(22,23)24)31(28,29)26-9-7-25(8-10-26)19(27)18-11-13-3-1-2-4-17(13)30-18/h1-6,11-12H,7-10H2. The van der Waals surface area contributed by atoms with Crippen molar-refractivity contribution in [3.05, 3.63) is 64.9 Å². The lowest BCUT2D eigenvalue weighted by Gasteiger charge is -2.33. The zero-order chi connectivity index (χ0) is 22.4. The largest absolute Gasteiger partial charge is 0.451 e. The molecule has 0 spiro atoms. The van der Waals surface area contributed by atoms with Crippen LogP contribution in [0.25, 0.3) is 11.0 Å². The molecule has 6 nitrogen and oxygen atoms in total. The number of furan rings is 1. The van der Waals surface area contributed by atoms with E-state index in [4.69, 9.17) is 16.0 Å². The number of rotatable bonds is 3. The summed E-state index contributed by atoms with van der Waals surface area (Å²) < 4.78 is 71.6. The zero-order valence-corrected chi connectivity index (χ0v) is 17.5. The maximum Gasteiger partial charge on any atom is 0.417 e. The van der Waals surface area contributed by atoms with Gasteiger partial charge in [-0.3, -0.25) is 4.79 Å². The van der Waals surface area contributed by atoms with Gasteiger partial charge < -0.3 is 9.32 Å². The van der Waals surface area contributed by atoms with Gasteiger partial charge in [0, 0.05) is 31.6 Å². The molecule has 0 radical (unpaired) electrons. The van der Waals surface area contributed by atoms with E-state index in [1.807, 2.05) is 6.07 Å². The number of halogens is 4. The van der Waals surface area contributed by atoms with E-state index in [1.54, 1.807) is 24.3 Å². The summed E-state index contributed by atoms with van der Waals surface area (Å²) in [6, 6.07) is 11.2. The summed E-state index contributed by atoms with van der Waals surface area (Å²) in [7, 11) is -4.18. The summed E-state index contributed by atoms with van der Waals surface area (Å²) >= 11 is 5.58. The van der Waals surface area contributed by atoms with Crippen LogP contribution in [0.15, 0.2) is 57.8 Å². The monoisotopic (exact) mass is 472 g/mol. The summed E-state index contributed by atoms with van der Waals surface area (Å²) in [4.78, 5) is 13.7. The van der Waals surface area contributed by atoms with Crippen LogP contribution in [0.2, 0.25) is 5.02 Å². The van der Waals surface area contributed by atoms with E-state index in [1.165, 1.54) is 4.90 Å². The van der Waals surface area contributed by atoms with E-state index < -0.39 is 31.7 Å². The number of benzene rings is 2. The molecule has 1 aliphatic heterocycles. The molecule has 3 aromatic rings. The number of fused-ring (bicyclic) bond motifs is 1. The van der Waals surface area contributed by atoms with Crippen molar-refractivity contribution in [2.75, 3.05) is 26.2 Å². The Bertz CT molecular complexity index is 1220. The molecule has 0 unspecified atom stereocenters. The first-order valence-electron chi connectivity index (χ1n) is 9.22. The number of carbonyl (C=O) groups is 1. The molecule has 0 N–H and O–H groups in total. The molecule has 164 valence electrons. The van der Waals surface area contributed by atoms with Gasteiger partial charge in [0.05, 0.1) is 15.5 Å². The van der Waals surface area contributed by atoms with Crippen LogP contribution in [0.5, 0.6) is 0 Å². The van der Waals surface area contributed by atoms with Crippen molar-refractivity contribution in [2.45, 2.75) is 11.1 Å². The number of alkyl halides is 3. The predicted molar refractivity (Wildman–Crippen MR) is 107 cm³/mol. The number of hydrogen-bond donors (Lipinski definition) is 0. The Kier molecular flexibility index (Phi) is 5.48. The first-order valence-corrected chi connectivity index (χ1v) is 11.0. The lowest BCUT2D eigenvalue weighted by molar-refractivity contribution is -0.137. The summed E-state index contributed by atoms with van der Waals surface area (Å²) in [5, 5.41) is 0.197. The van der Waals surface area contributed by atoms with Crippen molar-refractivity contribution in [2.24, 2.45) is 0 Å². The maximum absolute atomic E-state index is 13.1. The Morgan fingerprint density at radius 1 is 1.00 bits per heavy atom. The van der Waals surface area contributed by atoms with Crippen LogP contribution in [0.1, 0.15) is 16.1 Å².